The highest BCUT2D eigenvalue weighted by Gasteiger charge is 2.33. The normalized spacial score (nSPS) is 11.7. The second-order valence-corrected chi connectivity index (χ2v) is 4.57. The Bertz CT molecular complexity index is 773. The van der Waals surface area contributed by atoms with E-state index in [0.717, 1.165) is 30.5 Å². The van der Waals surface area contributed by atoms with Crippen molar-refractivity contribution in [3.63, 3.8) is 0 Å². The Labute approximate surface area is 134 Å². The molecule has 0 spiro atoms. The SMILES string of the molecule is CCOC(=O)C=Cc1ccc(C(F)(F)F)nc1-c1cnccc1F. The zero-order chi connectivity index (χ0) is 17.7. The van der Waals surface area contributed by atoms with Crippen LogP contribution in [0.25, 0.3) is 17.3 Å². The Kier molecular flexibility index (Phi) is 5.28. The Morgan fingerprint density at radius 1 is 1.29 bits per heavy atom. The van der Waals surface area contributed by atoms with Gasteiger partial charge in [0, 0.05) is 24.0 Å². The minimum absolute atomic E-state index is 0.128. The fourth-order valence-electron chi connectivity index (χ4n) is 1.88. The second kappa shape index (κ2) is 7.20. The molecule has 0 atom stereocenters. The Morgan fingerprint density at radius 3 is 2.67 bits per heavy atom. The molecule has 0 saturated carbocycles. The molecular weight excluding hydrogens is 328 g/mol. The van der Waals surface area contributed by atoms with Crippen molar-refractivity contribution in [2.45, 2.75) is 13.1 Å². The summed E-state index contributed by atoms with van der Waals surface area (Å²) in [6.45, 7) is 1.76. The van der Waals surface area contributed by atoms with Gasteiger partial charge < -0.3 is 4.74 Å². The predicted molar refractivity (Wildman–Crippen MR) is 78.1 cm³/mol. The first kappa shape index (κ1) is 17.6. The number of carbonyl (C=O) groups is 1. The number of hydrogen-bond acceptors (Lipinski definition) is 4. The van der Waals surface area contributed by atoms with Gasteiger partial charge in [-0.1, -0.05) is 6.07 Å². The molecule has 0 aromatic carbocycles. The number of hydrogen-bond donors (Lipinski definition) is 0. The fourth-order valence-corrected chi connectivity index (χ4v) is 1.88. The highest BCUT2D eigenvalue weighted by molar-refractivity contribution is 5.88. The van der Waals surface area contributed by atoms with Crippen LogP contribution in [0, 0.1) is 5.82 Å². The standard InChI is InChI=1S/C16H12F4N2O2/c1-2-24-14(23)6-4-10-3-5-13(16(18,19)20)22-15(10)11-9-21-8-7-12(11)17/h3-9H,2H2,1H3. The van der Waals surface area contributed by atoms with Gasteiger partial charge in [-0.25, -0.2) is 14.2 Å². The molecule has 2 heterocycles. The highest BCUT2D eigenvalue weighted by atomic mass is 19.4. The van der Waals surface area contributed by atoms with Gasteiger partial charge in [0.05, 0.1) is 17.9 Å². The molecule has 24 heavy (non-hydrogen) atoms. The van der Waals surface area contributed by atoms with E-state index in [0.29, 0.717) is 0 Å². The minimum Gasteiger partial charge on any atom is -0.463 e. The molecule has 0 unspecified atom stereocenters. The van der Waals surface area contributed by atoms with Crippen LogP contribution >= 0.6 is 0 Å². The molecular formula is C16H12F4N2O2. The van der Waals surface area contributed by atoms with Gasteiger partial charge in [-0.15, -0.1) is 0 Å². The lowest BCUT2D eigenvalue weighted by Gasteiger charge is -2.11. The third-order valence-corrected chi connectivity index (χ3v) is 2.93. The molecule has 126 valence electrons. The number of alkyl halides is 3. The lowest BCUT2D eigenvalue weighted by Crippen LogP contribution is -2.09. The van der Waals surface area contributed by atoms with Crippen molar-refractivity contribution in [2.24, 2.45) is 0 Å². The summed E-state index contributed by atoms with van der Waals surface area (Å²) < 4.78 is 57.2. The van der Waals surface area contributed by atoms with Crippen LogP contribution < -0.4 is 0 Å². The van der Waals surface area contributed by atoms with Gasteiger partial charge in [0.1, 0.15) is 11.5 Å². The van der Waals surface area contributed by atoms with Crippen LogP contribution in [0.15, 0.2) is 36.7 Å². The van der Waals surface area contributed by atoms with Crippen LogP contribution in [0.5, 0.6) is 0 Å². The number of halogens is 4. The first-order valence-corrected chi connectivity index (χ1v) is 6.86. The van der Waals surface area contributed by atoms with Crippen molar-refractivity contribution < 1.29 is 27.1 Å². The summed E-state index contributed by atoms with van der Waals surface area (Å²) >= 11 is 0. The second-order valence-electron chi connectivity index (χ2n) is 4.57. The topological polar surface area (TPSA) is 52.1 Å². The summed E-state index contributed by atoms with van der Waals surface area (Å²) in [5.41, 5.74) is -1.51. The predicted octanol–water partition coefficient (Wildman–Crippen LogP) is 3.88. The van der Waals surface area contributed by atoms with Crippen molar-refractivity contribution in [2.75, 3.05) is 6.61 Å². The van der Waals surface area contributed by atoms with Gasteiger partial charge in [0.2, 0.25) is 0 Å². The molecule has 4 nitrogen and oxygen atoms in total. The van der Waals surface area contributed by atoms with E-state index in [1.807, 2.05) is 0 Å². The molecule has 0 aliphatic carbocycles. The van der Waals surface area contributed by atoms with Crippen molar-refractivity contribution in [3.8, 4) is 11.3 Å². The number of pyridine rings is 2. The first-order valence-electron chi connectivity index (χ1n) is 6.86. The van der Waals surface area contributed by atoms with Crippen LogP contribution in [0.3, 0.4) is 0 Å². The fraction of sp³-hybridized carbons (Fsp3) is 0.188. The van der Waals surface area contributed by atoms with E-state index in [-0.39, 0.29) is 23.4 Å². The summed E-state index contributed by atoms with van der Waals surface area (Å²) in [6, 6.07) is 2.87. The lowest BCUT2D eigenvalue weighted by molar-refractivity contribution is -0.141. The minimum atomic E-state index is -4.68. The smallest absolute Gasteiger partial charge is 0.433 e. The van der Waals surface area contributed by atoms with Crippen LogP contribution in [0.1, 0.15) is 18.2 Å². The molecule has 0 bridgehead atoms. The summed E-state index contributed by atoms with van der Waals surface area (Å²) in [7, 11) is 0. The number of rotatable bonds is 4. The highest BCUT2D eigenvalue weighted by Crippen LogP contribution is 2.32. The zero-order valence-electron chi connectivity index (χ0n) is 12.5. The Balaban J connectivity index is 2.55. The van der Waals surface area contributed by atoms with Gasteiger partial charge in [-0.05, 0) is 25.1 Å². The van der Waals surface area contributed by atoms with Gasteiger partial charge in [0.15, 0.2) is 0 Å². The molecule has 8 heteroatoms. The van der Waals surface area contributed by atoms with Gasteiger partial charge in [-0.2, -0.15) is 13.2 Å². The van der Waals surface area contributed by atoms with Crippen LogP contribution in [-0.2, 0) is 15.7 Å². The summed E-state index contributed by atoms with van der Waals surface area (Å²) in [6.07, 6.45) is -0.199. The number of carbonyl (C=O) groups excluding carboxylic acids is 1. The zero-order valence-corrected chi connectivity index (χ0v) is 12.5. The van der Waals surface area contributed by atoms with E-state index in [1.54, 1.807) is 6.92 Å². The molecule has 0 radical (unpaired) electrons. The molecule has 2 aromatic rings. The summed E-state index contributed by atoms with van der Waals surface area (Å²) in [5.74, 6) is -1.45. The average molecular weight is 340 g/mol. The molecule has 2 aromatic heterocycles. The summed E-state index contributed by atoms with van der Waals surface area (Å²) in [5, 5.41) is 0. The molecule has 0 saturated heterocycles. The number of esters is 1. The quantitative estimate of drug-likeness (QED) is 0.482. The van der Waals surface area contributed by atoms with Crippen LogP contribution in [-0.4, -0.2) is 22.5 Å². The van der Waals surface area contributed by atoms with Crippen molar-refractivity contribution in [1.82, 2.24) is 9.97 Å². The number of ether oxygens (including phenoxy) is 1. The van der Waals surface area contributed by atoms with E-state index in [2.05, 4.69) is 9.97 Å². The van der Waals surface area contributed by atoms with E-state index in [9.17, 15) is 22.4 Å². The number of nitrogens with zero attached hydrogens (tertiary/aromatic N) is 2. The maximum atomic E-state index is 13.9. The molecule has 2 rings (SSSR count). The molecule has 0 fully saturated rings. The maximum absolute atomic E-state index is 13.9. The van der Waals surface area contributed by atoms with Gasteiger partial charge in [0.25, 0.3) is 0 Å². The van der Waals surface area contributed by atoms with Crippen LogP contribution in [0.4, 0.5) is 17.6 Å². The molecule has 0 aliphatic rings. The monoisotopic (exact) mass is 340 g/mol. The first-order chi connectivity index (χ1) is 11.3. The van der Waals surface area contributed by atoms with E-state index >= 15 is 0 Å². The Morgan fingerprint density at radius 2 is 2.04 bits per heavy atom. The van der Waals surface area contributed by atoms with E-state index in [4.69, 9.17) is 4.74 Å². The summed E-state index contributed by atoms with van der Waals surface area (Å²) in [4.78, 5) is 18.6. The van der Waals surface area contributed by atoms with Crippen molar-refractivity contribution in [1.29, 1.82) is 0 Å². The van der Waals surface area contributed by atoms with Gasteiger partial charge in [-0.3, -0.25) is 4.98 Å². The van der Waals surface area contributed by atoms with Crippen molar-refractivity contribution in [3.05, 3.63) is 53.7 Å². The molecule has 0 N–H and O–H groups in total. The third kappa shape index (κ3) is 4.15. The Hall–Kier alpha value is -2.77. The van der Waals surface area contributed by atoms with Crippen LogP contribution in [0.2, 0.25) is 0 Å². The molecule has 0 amide bonds. The average Bonchev–Trinajstić information content (AvgIpc) is 2.53. The molecule has 0 aliphatic heterocycles. The van der Waals surface area contributed by atoms with Gasteiger partial charge >= 0.3 is 12.1 Å². The van der Waals surface area contributed by atoms with E-state index < -0.39 is 23.7 Å². The maximum Gasteiger partial charge on any atom is 0.433 e. The third-order valence-electron chi connectivity index (χ3n) is 2.93. The number of aromatic nitrogens is 2. The van der Waals surface area contributed by atoms with Crippen molar-refractivity contribution >= 4 is 12.0 Å². The lowest BCUT2D eigenvalue weighted by atomic mass is 10.1. The van der Waals surface area contributed by atoms with E-state index in [1.165, 1.54) is 12.3 Å². The largest absolute Gasteiger partial charge is 0.463 e.